The summed E-state index contributed by atoms with van der Waals surface area (Å²) in [5.74, 6) is -1.01. The lowest BCUT2D eigenvalue weighted by Crippen LogP contribution is -2.06. The Balaban J connectivity index is 2.97. The van der Waals surface area contributed by atoms with Gasteiger partial charge in [0.05, 0.1) is 0 Å². The van der Waals surface area contributed by atoms with Crippen LogP contribution in [0.3, 0.4) is 0 Å². The summed E-state index contributed by atoms with van der Waals surface area (Å²) in [5.41, 5.74) is 0.546. The molecule has 0 fully saturated rings. The van der Waals surface area contributed by atoms with Crippen molar-refractivity contribution in [3.05, 3.63) is 23.8 Å². The lowest BCUT2D eigenvalue weighted by atomic mass is 10.2. The van der Waals surface area contributed by atoms with Gasteiger partial charge in [-0.15, -0.1) is 0 Å². The second-order valence-electron chi connectivity index (χ2n) is 3.78. The second-order valence-corrected chi connectivity index (χ2v) is 3.78. The van der Waals surface area contributed by atoms with Crippen molar-refractivity contribution >= 4 is 17.9 Å². The van der Waals surface area contributed by atoms with Crippen LogP contribution in [0.4, 0.5) is 0 Å². The zero-order valence-corrected chi connectivity index (χ0v) is 10.9. The molecule has 0 heterocycles. The molecule has 0 saturated heterocycles. The fourth-order valence-electron chi connectivity index (χ4n) is 1.35. The molecule has 6 nitrogen and oxygen atoms in total. The van der Waals surface area contributed by atoms with Gasteiger partial charge in [0, 0.05) is 26.8 Å². The van der Waals surface area contributed by atoms with Crippen LogP contribution in [0.2, 0.25) is 0 Å². The molecule has 1 rings (SSSR count). The molecule has 0 bridgehead atoms. The maximum atomic E-state index is 10.9. The van der Waals surface area contributed by atoms with E-state index in [1.165, 1.54) is 39.0 Å². The minimum Gasteiger partial charge on any atom is -0.461 e. The van der Waals surface area contributed by atoms with Gasteiger partial charge in [0.2, 0.25) is 0 Å². The molecule has 0 amide bonds. The average Bonchev–Trinajstić information content (AvgIpc) is 2.24. The fourth-order valence-corrected chi connectivity index (χ4v) is 1.35. The number of ether oxygens (including phenoxy) is 3. The molecule has 0 atom stereocenters. The van der Waals surface area contributed by atoms with Gasteiger partial charge < -0.3 is 14.2 Å². The van der Waals surface area contributed by atoms with Gasteiger partial charge in [0.1, 0.15) is 18.1 Å². The molecule has 1 aromatic rings. The van der Waals surface area contributed by atoms with Crippen LogP contribution in [-0.2, 0) is 25.7 Å². The third-order valence-electron chi connectivity index (χ3n) is 1.91. The maximum absolute atomic E-state index is 10.9. The first-order valence-corrected chi connectivity index (χ1v) is 5.51. The molecule has 0 spiro atoms. The topological polar surface area (TPSA) is 78.9 Å². The Bertz CT molecular complexity index is 472. The van der Waals surface area contributed by atoms with Crippen LogP contribution >= 0.6 is 0 Å². The van der Waals surface area contributed by atoms with Crippen LogP contribution in [0.5, 0.6) is 11.5 Å². The monoisotopic (exact) mass is 266 g/mol. The van der Waals surface area contributed by atoms with Crippen LogP contribution in [-0.4, -0.2) is 17.9 Å². The van der Waals surface area contributed by atoms with Gasteiger partial charge in [0.15, 0.2) is 0 Å². The van der Waals surface area contributed by atoms with E-state index >= 15 is 0 Å². The van der Waals surface area contributed by atoms with Crippen molar-refractivity contribution in [2.45, 2.75) is 27.4 Å². The number of hydrogen-bond donors (Lipinski definition) is 0. The molecule has 0 aliphatic heterocycles. The van der Waals surface area contributed by atoms with Gasteiger partial charge in [-0.05, 0) is 17.7 Å². The van der Waals surface area contributed by atoms with E-state index in [1.54, 1.807) is 0 Å². The SMILES string of the molecule is CC(=O)OCc1cc(OC(C)=O)cc(OC(C)=O)c1. The van der Waals surface area contributed by atoms with Crippen LogP contribution < -0.4 is 9.47 Å². The summed E-state index contributed by atoms with van der Waals surface area (Å²) < 4.78 is 14.7. The van der Waals surface area contributed by atoms with Crippen molar-refractivity contribution in [2.75, 3.05) is 0 Å². The highest BCUT2D eigenvalue weighted by Crippen LogP contribution is 2.24. The number of carbonyl (C=O) groups is 3. The zero-order chi connectivity index (χ0) is 14.4. The summed E-state index contributed by atoms with van der Waals surface area (Å²) in [5, 5.41) is 0. The summed E-state index contributed by atoms with van der Waals surface area (Å²) in [6.45, 7) is 3.79. The van der Waals surface area contributed by atoms with Gasteiger partial charge in [0.25, 0.3) is 0 Å². The molecule has 0 saturated carbocycles. The Kier molecular flexibility index (Phi) is 5.05. The van der Waals surface area contributed by atoms with E-state index in [0.717, 1.165) is 0 Å². The highest BCUT2D eigenvalue weighted by Gasteiger charge is 2.08. The summed E-state index contributed by atoms with van der Waals surface area (Å²) >= 11 is 0. The largest absolute Gasteiger partial charge is 0.461 e. The highest BCUT2D eigenvalue weighted by molar-refractivity contribution is 5.71. The molecule has 0 aliphatic carbocycles. The van der Waals surface area contributed by atoms with E-state index < -0.39 is 17.9 Å². The average molecular weight is 266 g/mol. The van der Waals surface area contributed by atoms with Crippen molar-refractivity contribution in [1.29, 1.82) is 0 Å². The number of benzene rings is 1. The molecule has 0 aliphatic rings. The van der Waals surface area contributed by atoms with Crippen molar-refractivity contribution < 1.29 is 28.6 Å². The Morgan fingerprint density at radius 3 is 1.68 bits per heavy atom. The van der Waals surface area contributed by atoms with Crippen molar-refractivity contribution in [3.63, 3.8) is 0 Å². The van der Waals surface area contributed by atoms with Gasteiger partial charge in [-0.25, -0.2) is 0 Å². The molecule has 19 heavy (non-hydrogen) atoms. The Hall–Kier alpha value is -2.37. The molecule has 0 N–H and O–H groups in total. The third-order valence-corrected chi connectivity index (χ3v) is 1.91. The predicted octanol–water partition coefficient (Wildman–Crippen LogP) is 1.60. The predicted molar refractivity (Wildman–Crippen MR) is 64.5 cm³/mol. The van der Waals surface area contributed by atoms with E-state index in [9.17, 15) is 14.4 Å². The standard InChI is InChI=1S/C13H14O6/c1-8(14)17-7-11-4-12(18-9(2)15)6-13(5-11)19-10(3)16/h4-6H,7H2,1-3H3. The molecule has 1 aromatic carbocycles. The number of carbonyl (C=O) groups excluding carboxylic acids is 3. The third kappa shape index (κ3) is 5.67. The van der Waals surface area contributed by atoms with Crippen molar-refractivity contribution in [1.82, 2.24) is 0 Å². The molecule has 0 aromatic heterocycles. The minimum absolute atomic E-state index is 0.00129. The van der Waals surface area contributed by atoms with E-state index in [-0.39, 0.29) is 18.1 Å². The molecule has 0 unspecified atom stereocenters. The van der Waals surface area contributed by atoms with Crippen LogP contribution in [0, 0.1) is 0 Å². The summed E-state index contributed by atoms with van der Waals surface area (Å²) in [4.78, 5) is 32.6. The van der Waals surface area contributed by atoms with Crippen LogP contribution in [0.15, 0.2) is 18.2 Å². The second kappa shape index (κ2) is 6.53. The first-order valence-electron chi connectivity index (χ1n) is 5.51. The van der Waals surface area contributed by atoms with Crippen molar-refractivity contribution in [3.8, 4) is 11.5 Å². The van der Waals surface area contributed by atoms with Gasteiger partial charge in [-0.1, -0.05) is 0 Å². The van der Waals surface area contributed by atoms with Crippen LogP contribution in [0.25, 0.3) is 0 Å². The summed E-state index contributed by atoms with van der Waals surface area (Å²) in [6.07, 6.45) is 0. The van der Waals surface area contributed by atoms with Gasteiger partial charge in [-0.3, -0.25) is 14.4 Å². The maximum Gasteiger partial charge on any atom is 0.308 e. The number of esters is 3. The number of hydrogen-bond acceptors (Lipinski definition) is 6. The van der Waals surface area contributed by atoms with E-state index in [0.29, 0.717) is 5.56 Å². The Morgan fingerprint density at radius 1 is 0.842 bits per heavy atom. The lowest BCUT2D eigenvalue weighted by Gasteiger charge is -2.09. The van der Waals surface area contributed by atoms with Gasteiger partial charge in [-0.2, -0.15) is 0 Å². The lowest BCUT2D eigenvalue weighted by molar-refractivity contribution is -0.142. The quantitative estimate of drug-likeness (QED) is 0.608. The first-order chi connectivity index (χ1) is 8.86. The smallest absolute Gasteiger partial charge is 0.308 e. The van der Waals surface area contributed by atoms with Crippen LogP contribution in [0.1, 0.15) is 26.3 Å². The Morgan fingerprint density at radius 2 is 1.32 bits per heavy atom. The molecule has 0 radical (unpaired) electrons. The molecule has 6 heteroatoms. The van der Waals surface area contributed by atoms with E-state index in [4.69, 9.17) is 14.2 Å². The van der Waals surface area contributed by atoms with E-state index in [1.807, 2.05) is 0 Å². The fraction of sp³-hybridized carbons (Fsp3) is 0.308. The highest BCUT2D eigenvalue weighted by atomic mass is 16.5. The normalized spacial score (nSPS) is 9.63. The number of rotatable bonds is 4. The zero-order valence-electron chi connectivity index (χ0n) is 10.9. The first kappa shape index (κ1) is 14.7. The summed E-state index contributed by atoms with van der Waals surface area (Å²) in [6, 6.07) is 4.45. The van der Waals surface area contributed by atoms with Crippen molar-refractivity contribution in [2.24, 2.45) is 0 Å². The van der Waals surface area contributed by atoms with Gasteiger partial charge >= 0.3 is 17.9 Å². The molecular weight excluding hydrogens is 252 g/mol. The molecule has 102 valence electrons. The minimum atomic E-state index is -0.501. The summed E-state index contributed by atoms with van der Waals surface area (Å²) in [7, 11) is 0. The Labute approximate surface area is 110 Å². The van der Waals surface area contributed by atoms with E-state index in [2.05, 4.69) is 0 Å². The molecular formula is C13H14O6.